The Morgan fingerprint density at radius 3 is 2.53 bits per heavy atom. The van der Waals surface area contributed by atoms with E-state index in [4.69, 9.17) is 12.2 Å². The first-order chi connectivity index (χ1) is 7.86. The van der Waals surface area contributed by atoms with Crippen LogP contribution < -0.4 is 5.73 Å². The number of nitrogens with two attached hydrogens (primary N) is 1. The molecule has 1 aromatic rings. The third-order valence-electron chi connectivity index (χ3n) is 2.32. The zero-order chi connectivity index (χ0) is 13.1. The Bertz CT molecular complexity index is 431. The van der Waals surface area contributed by atoms with E-state index in [-0.39, 0.29) is 18.4 Å². The Balaban J connectivity index is 3.12. The lowest BCUT2D eigenvalue weighted by atomic mass is 9.97. The summed E-state index contributed by atoms with van der Waals surface area (Å²) in [7, 11) is 0. The number of halogens is 4. The molecule has 1 aromatic carbocycles. The molecule has 0 aliphatic carbocycles. The summed E-state index contributed by atoms with van der Waals surface area (Å²) in [6.45, 7) is 0. The summed E-state index contributed by atoms with van der Waals surface area (Å²) in [5, 5.41) is 0. The average Bonchev–Trinajstić information content (AvgIpc) is 2.24. The maximum absolute atomic E-state index is 13.0. The first-order valence-corrected chi connectivity index (χ1v) is 4.92. The van der Waals surface area contributed by atoms with Gasteiger partial charge in [-0.1, -0.05) is 0 Å². The molecule has 5 heteroatoms. The second-order valence-electron chi connectivity index (χ2n) is 3.58. The second-order valence-corrected chi connectivity index (χ2v) is 3.58. The van der Waals surface area contributed by atoms with Gasteiger partial charge in [0.05, 0.1) is 5.56 Å². The first-order valence-electron chi connectivity index (χ1n) is 4.92. The van der Waals surface area contributed by atoms with Gasteiger partial charge in [0.1, 0.15) is 5.82 Å². The van der Waals surface area contributed by atoms with Crippen LogP contribution in [0.2, 0.25) is 0 Å². The fraction of sp³-hybridized carbons (Fsp3) is 0.333. The number of hydrogen-bond acceptors (Lipinski definition) is 1. The zero-order valence-corrected chi connectivity index (χ0v) is 8.89. The van der Waals surface area contributed by atoms with E-state index in [1.54, 1.807) is 0 Å². The van der Waals surface area contributed by atoms with Crippen molar-refractivity contribution in [2.75, 3.05) is 0 Å². The zero-order valence-electron chi connectivity index (χ0n) is 8.89. The van der Waals surface area contributed by atoms with Crippen LogP contribution in [0.15, 0.2) is 18.2 Å². The monoisotopic (exact) mass is 245 g/mol. The molecule has 1 nitrogen and oxygen atoms in total. The van der Waals surface area contributed by atoms with Crippen LogP contribution in [0.4, 0.5) is 17.6 Å². The molecule has 0 saturated carbocycles. The fourth-order valence-corrected chi connectivity index (χ4v) is 1.49. The van der Waals surface area contributed by atoms with E-state index in [1.165, 1.54) is 0 Å². The van der Waals surface area contributed by atoms with Crippen LogP contribution in [0.25, 0.3) is 0 Å². The Morgan fingerprint density at radius 1 is 1.35 bits per heavy atom. The topological polar surface area (TPSA) is 26.0 Å². The minimum absolute atomic E-state index is 0.184. The molecule has 0 fully saturated rings. The van der Waals surface area contributed by atoms with Gasteiger partial charge < -0.3 is 5.73 Å². The van der Waals surface area contributed by atoms with E-state index < -0.39 is 23.6 Å². The Kier molecular flexibility index (Phi) is 4.13. The molecule has 0 heterocycles. The van der Waals surface area contributed by atoms with Crippen molar-refractivity contribution in [1.29, 1.82) is 0 Å². The number of benzene rings is 1. The molecule has 0 amide bonds. The largest absolute Gasteiger partial charge is 0.416 e. The van der Waals surface area contributed by atoms with Crippen LogP contribution in [0.3, 0.4) is 0 Å². The predicted octanol–water partition coefficient (Wildman–Crippen LogP) is 3.26. The minimum Gasteiger partial charge on any atom is -0.324 e. The van der Waals surface area contributed by atoms with Gasteiger partial charge in [-0.05, 0) is 30.2 Å². The highest BCUT2D eigenvalue weighted by Gasteiger charge is 2.34. The number of rotatable bonds is 3. The summed E-state index contributed by atoms with van der Waals surface area (Å²) >= 11 is 0. The highest BCUT2D eigenvalue weighted by Crippen LogP contribution is 2.35. The summed E-state index contributed by atoms with van der Waals surface area (Å²) in [6, 6.07) is 1.35. The fourth-order valence-electron chi connectivity index (χ4n) is 1.49. The molecule has 0 saturated heterocycles. The van der Waals surface area contributed by atoms with Gasteiger partial charge >= 0.3 is 6.18 Å². The summed E-state index contributed by atoms with van der Waals surface area (Å²) in [5.74, 6) is 1.54. The van der Waals surface area contributed by atoms with Crippen molar-refractivity contribution >= 4 is 0 Å². The van der Waals surface area contributed by atoms with Crippen molar-refractivity contribution in [1.82, 2.24) is 0 Å². The van der Waals surface area contributed by atoms with Gasteiger partial charge in [0.15, 0.2) is 0 Å². The summed E-state index contributed by atoms with van der Waals surface area (Å²) < 4.78 is 50.9. The maximum atomic E-state index is 13.0. The van der Waals surface area contributed by atoms with E-state index >= 15 is 0 Å². The summed E-state index contributed by atoms with van der Waals surface area (Å²) in [6.07, 6.45) is 0.891. The SMILES string of the molecule is C#CCCC(N)c1cc(F)ccc1C(F)(F)F. The van der Waals surface area contributed by atoms with Gasteiger partial charge in [0.25, 0.3) is 0 Å². The minimum atomic E-state index is -4.54. The predicted molar refractivity (Wildman–Crippen MR) is 56.4 cm³/mol. The van der Waals surface area contributed by atoms with Crippen molar-refractivity contribution < 1.29 is 17.6 Å². The van der Waals surface area contributed by atoms with Crippen LogP contribution in [0.1, 0.15) is 30.0 Å². The van der Waals surface area contributed by atoms with E-state index in [2.05, 4.69) is 5.92 Å². The molecule has 17 heavy (non-hydrogen) atoms. The smallest absolute Gasteiger partial charge is 0.324 e. The molecule has 1 unspecified atom stereocenters. The molecule has 92 valence electrons. The third kappa shape index (κ3) is 3.46. The van der Waals surface area contributed by atoms with Gasteiger partial charge in [-0.2, -0.15) is 13.2 Å². The van der Waals surface area contributed by atoms with E-state index in [1.807, 2.05) is 0 Å². The van der Waals surface area contributed by atoms with Gasteiger partial charge in [-0.3, -0.25) is 0 Å². The first kappa shape index (κ1) is 13.5. The lowest BCUT2D eigenvalue weighted by Gasteiger charge is -2.17. The Morgan fingerprint density at radius 2 is 2.00 bits per heavy atom. The molecular weight excluding hydrogens is 234 g/mol. The number of terminal acetylenes is 1. The van der Waals surface area contributed by atoms with Crippen molar-refractivity contribution in [3.63, 3.8) is 0 Å². The van der Waals surface area contributed by atoms with Crippen molar-refractivity contribution in [2.24, 2.45) is 5.73 Å². The number of hydrogen-bond donors (Lipinski definition) is 1. The van der Waals surface area contributed by atoms with E-state index in [9.17, 15) is 17.6 Å². The standard InChI is InChI=1S/C12H11F4N/c1-2-3-4-11(17)9-7-8(13)5-6-10(9)12(14,15)16/h1,5-7,11H,3-4,17H2. The van der Waals surface area contributed by atoms with Crippen molar-refractivity contribution in [2.45, 2.75) is 25.1 Å². The molecular formula is C12H11F4N. The van der Waals surface area contributed by atoms with Gasteiger partial charge in [0, 0.05) is 12.5 Å². The van der Waals surface area contributed by atoms with Crippen LogP contribution in [0, 0.1) is 18.2 Å². The highest BCUT2D eigenvalue weighted by molar-refractivity contribution is 5.33. The van der Waals surface area contributed by atoms with Gasteiger partial charge in [-0.15, -0.1) is 12.3 Å². The lowest BCUT2D eigenvalue weighted by Crippen LogP contribution is -2.17. The molecule has 1 atom stereocenters. The third-order valence-corrected chi connectivity index (χ3v) is 2.32. The molecule has 0 spiro atoms. The molecule has 0 aromatic heterocycles. The quantitative estimate of drug-likeness (QED) is 0.642. The Labute approximate surface area is 96.6 Å². The van der Waals surface area contributed by atoms with Crippen LogP contribution in [-0.4, -0.2) is 0 Å². The lowest BCUT2D eigenvalue weighted by molar-refractivity contribution is -0.138. The summed E-state index contributed by atoms with van der Waals surface area (Å²) in [4.78, 5) is 0. The highest BCUT2D eigenvalue weighted by atomic mass is 19.4. The Hall–Kier alpha value is -1.54. The van der Waals surface area contributed by atoms with E-state index in [0.29, 0.717) is 6.07 Å². The van der Waals surface area contributed by atoms with Gasteiger partial charge in [-0.25, -0.2) is 4.39 Å². The normalized spacial score (nSPS) is 13.2. The molecule has 0 aliphatic rings. The van der Waals surface area contributed by atoms with Crippen molar-refractivity contribution in [3.8, 4) is 12.3 Å². The van der Waals surface area contributed by atoms with Crippen LogP contribution in [0.5, 0.6) is 0 Å². The molecule has 1 rings (SSSR count). The van der Waals surface area contributed by atoms with Crippen LogP contribution >= 0.6 is 0 Å². The molecule has 0 aliphatic heterocycles. The molecule has 0 radical (unpaired) electrons. The number of alkyl halides is 3. The maximum Gasteiger partial charge on any atom is 0.416 e. The van der Waals surface area contributed by atoms with Gasteiger partial charge in [0.2, 0.25) is 0 Å². The summed E-state index contributed by atoms with van der Waals surface area (Å²) in [5.41, 5.74) is 4.42. The van der Waals surface area contributed by atoms with Crippen LogP contribution in [-0.2, 0) is 6.18 Å². The van der Waals surface area contributed by atoms with E-state index in [0.717, 1.165) is 12.1 Å². The average molecular weight is 245 g/mol. The molecule has 0 bridgehead atoms. The second kappa shape index (κ2) is 5.19. The van der Waals surface area contributed by atoms with Crippen molar-refractivity contribution in [3.05, 3.63) is 35.1 Å². The molecule has 2 N–H and O–H groups in total.